The molecular formula is C49H81NO11. The summed E-state index contributed by atoms with van der Waals surface area (Å²) in [6.07, 6.45) is 17.4. The van der Waals surface area contributed by atoms with Crippen molar-refractivity contribution in [3.05, 3.63) is 59.7 Å². The van der Waals surface area contributed by atoms with Crippen molar-refractivity contribution in [1.82, 2.24) is 4.90 Å². The first-order valence-corrected chi connectivity index (χ1v) is 23.5. The number of hydrogen-bond acceptors (Lipinski definition) is 11. The van der Waals surface area contributed by atoms with Crippen molar-refractivity contribution < 1.29 is 52.2 Å². The van der Waals surface area contributed by atoms with Gasteiger partial charge in [0.05, 0.1) is 112 Å². The van der Waals surface area contributed by atoms with E-state index in [1.54, 1.807) is 11.9 Å². The Kier molecular flexibility index (Phi) is 32.7. The molecule has 0 N–H and O–H groups in total. The van der Waals surface area contributed by atoms with E-state index in [-0.39, 0.29) is 12.0 Å². The first-order chi connectivity index (χ1) is 30.2. The Balaban J connectivity index is 0.935. The highest BCUT2D eigenvalue weighted by atomic mass is 16.6. The molecule has 12 heteroatoms. The molecular weight excluding hydrogens is 779 g/mol. The number of fused-ring (bicyclic) bond motifs is 3. The first-order valence-electron chi connectivity index (χ1n) is 23.5. The van der Waals surface area contributed by atoms with Gasteiger partial charge in [-0.3, -0.25) is 0 Å². The molecule has 348 valence electrons. The van der Waals surface area contributed by atoms with Crippen LogP contribution in [-0.4, -0.2) is 150 Å². The van der Waals surface area contributed by atoms with Crippen LogP contribution in [0.5, 0.6) is 0 Å². The zero-order chi connectivity index (χ0) is 43.1. The molecule has 0 radical (unpaired) electrons. The number of unbranched alkanes of at least 4 members (excludes halogenated alkanes) is 12. The highest BCUT2D eigenvalue weighted by Gasteiger charge is 2.29. The van der Waals surface area contributed by atoms with Crippen molar-refractivity contribution in [2.45, 2.75) is 96.3 Å². The average molecular weight is 860 g/mol. The lowest BCUT2D eigenvalue weighted by atomic mass is 9.98. The molecule has 0 spiro atoms. The molecule has 0 atom stereocenters. The third-order valence-electron chi connectivity index (χ3n) is 10.6. The van der Waals surface area contributed by atoms with Crippen molar-refractivity contribution in [3.63, 3.8) is 0 Å². The van der Waals surface area contributed by atoms with Gasteiger partial charge in [0.25, 0.3) is 0 Å². The van der Waals surface area contributed by atoms with Crippen LogP contribution in [0, 0.1) is 0 Å². The van der Waals surface area contributed by atoms with Crippen molar-refractivity contribution >= 4 is 6.09 Å². The Hall–Kier alpha value is -2.65. The molecule has 0 aliphatic heterocycles. The topological polar surface area (TPSA) is 113 Å². The second kappa shape index (κ2) is 37.9. The van der Waals surface area contributed by atoms with E-state index < -0.39 is 0 Å². The zero-order valence-electron chi connectivity index (χ0n) is 38.0. The Labute approximate surface area is 368 Å². The summed E-state index contributed by atoms with van der Waals surface area (Å²) in [5, 5.41) is 0. The zero-order valence-corrected chi connectivity index (χ0v) is 38.0. The predicted molar refractivity (Wildman–Crippen MR) is 241 cm³/mol. The highest BCUT2D eigenvalue weighted by Crippen LogP contribution is 2.44. The van der Waals surface area contributed by atoms with Crippen LogP contribution in [0.4, 0.5) is 4.79 Å². The van der Waals surface area contributed by atoms with Crippen molar-refractivity contribution in [1.29, 1.82) is 0 Å². The fourth-order valence-corrected chi connectivity index (χ4v) is 7.08. The summed E-state index contributed by atoms with van der Waals surface area (Å²) in [4.78, 5) is 14.2. The second-order valence-electron chi connectivity index (χ2n) is 15.5. The van der Waals surface area contributed by atoms with Crippen LogP contribution in [0.2, 0.25) is 0 Å². The minimum Gasteiger partial charge on any atom is -0.448 e. The molecule has 0 saturated carbocycles. The molecule has 0 saturated heterocycles. The molecule has 3 rings (SSSR count). The van der Waals surface area contributed by atoms with E-state index in [0.717, 1.165) is 13.0 Å². The number of amides is 1. The Morgan fingerprint density at radius 1 is 0.426 bits per heavy atom. The summed E-state index contributed by atoms with van der Waals surface area (Å²) in [6.45, 7) is 12.5. The molecule has 0 aromatic heterocycles. The summed E-state index contributed by atoms with van der Waals surface area (Å²) < 4.78 is 55.9. The van der Waals surface area contributed by atoms with Crippen LogP contribution in [0.25, 0.3) is 11.1 Å². The molecule has 1 aliphatic rings. The van der Waals surface area contributed by atoms with Gasteiger partial charge in [-0.15, -0.1) is 0 Å². The molecule has 12 nitrogen and oxygen atoms in total. The van der Waals surface area contributed by atoms with E-state index in [2.05, 4.69) is 31.2 Å². The lowest BCUT2D eigenvalue weighted by Gasteiger charge is -2.19. The number of carbonyl (C=O) groups is 1. The fraction of sp³-hybridized carbons (Fsp3) is 0.735. The molecule has 0 bridgehead atoms. The SMILES string of the molecule is CCCCCCCCCCCCCCCOCCOCCOCCOCCOCCOCCOCCOCCOCCN(C)C(=O)OCC1c2ccccc2-c2ccccc21. The van der Waals surface area contributed by atoms with Gasteiger partial charge in [-0.1, -0.05) is 133 Å². The average Bonchev–Trinajstić information content (AvgIpc) is 3.60. The van der Waals surface area contributed by atoms with Crippen LogP contribution in [0.1, 0.15) is 107 Å². The van der Waals surface area contributed by atoms with Gasteiger partial charge in [-0.2, -0.15) is 0 Å². The van der Waals surface area contributed by atoms with Crippen molar-refractivity contribution in [2.24, 2.45) is 0 Å². The standard InChI is InChI=1S/C49H81NO11/c1-3-4-5-6-7-8-9-10-11-12-13-14-19-25-52-27-29-54-31-33-56-35-37-58-39-41-60-42-40-59-38-36-57-34-32-55-30-28-53-26-24-50(2)49(51)61-43-48-46-22-17-15-20-44(46)45-21-16-18-23-47(45)48/h15-18,20-23,48H,3-14,19,24-43H2,1-2H3. The van der Waals surface area contributed by atoms with Crippen LogP contribution in [0.3, 0.4) is 0 Å². The molecule has 1 amide bonds. The van der Waals surface area contributed by atoms with E-state index >= 15 is 0 Å². The molecule has 2 aromatic carbocycles. The highest BCUT2D eigenvalue weighted by molar-refractivity contribution is 5.79. The number of ether oxygens (including phenoxy) is 10. The largest absolute Gasteiger partial charge is 0.448 e. The fourth-order valence-electron chi connectivity index (χ4n) is 7.08. The van der Waals surface area contributed by atoms with Gasteiger partial charge in [0.1, 0.15) is 6.61 Å². The number of hydrogen-bond donors (Lipinski definition) is 0. The van der Waals surface area contributed by atoms with Crippen LogP contribution in [0.15, 0.2) is 48.5 Å². The van der Waals surface area contributed by atoms with Gasteiger partial charge in [0.15, 0.2) is 0 Å². The quantitative estimate of drug-likeness (QED) is 0.0596. The van der Waals surface area contributed by atoms with E-state index in [0.29, 0.717) is 125 Å². The predicted octanol–water partition coefficient (Wildman–Crippen LogP) is 9.11. The van der Waals surface area contributed by atoms with Gasteiger partial charge in [0, 0.05) is 26.1 Å². The smallest absolute Gasteiger partial charge is 0.409 e. The summed E-state index contributed by atoms with van der Waals surface area (Å²) in [6, 6.07) is 16.6. The maximum Gasteiger partial charge on any atom is 0.409 e. The van der Waals surface area contributed by atoms with E-state index in [9.17, 15) is 4.79 Å². The minimum atomic E-state index is -0.359. The lowest BCUT2D eigenvalue weighted by molar-refractivity contribution is -0.0252. The van der Waals surface area contributed by atoms with Gasteiger partial charge < -0.3 is 52.3 Å². The molecule has 0 fully saturated rings. The molecule has 0 unspecified atom stereocenters. The van der Waals surface area contributed by atoms with E-state index in [4.69, 9.17) is 47.4 Å². The number of nitrogens with zero attached hydrogens (tertiary/aromatic N) is 1. The summed E-state index contributed by atoms with van der Waals surface area (Å²) >= 11 is 0. The van der Waals surface area contributed by atoms with Gasteiger partial charge in [-0.05, 0) is 28.7 Å². The molecule has 0 heterocycles. The van der Waals surface area contributed by atoms with E-state index in [1.165, 1.54) is 99.3 Å². The third kappa shape index (κ3) is 25.9. The van der Waals surface area contributed by atoms with Gasteiger partial charge in [-0.25, -0.2) is 4.79 Å². The normalized spacial score (nSPS) is 12.2. The molecule has 61 heavy (non-hydrogen) atoms. The number of benzene rings is 2. The minimum absolute atomic E-state index is 0.0414. The van der Waals surface area contributed by atoms with E-state index in [1.807, 2.05) is 24.3 Å². The van der Waals surface area contributed by atoms with Crippen LogP contribution < -0.4 is 0 Å². The number of rotatable bonds is 43. The Morgan fingerprint density at radius 3 is 1.11 bits per heavy atom. The van der Waals surface area contributed by atoms with Gasteiger partial charge >= 0.3 is 6.09 Å². The van der Waals surface area contributed by atoms with Crippen molar-refractivity contribution in [3.8, 4) is 11.1 Å². The number of carbonyl (C=O) groups excluding carboxylic acids is 1. The van der Waals surface area contributed by atoms with Crippen LogP contribution in [-0.2, 0) is 47.4 Å². The summed E-state index contributed by atoms with van der Waals surface area (Å²) in [7, 11) is 1.72. The lowest BCUT2D eigenvalue weighted by Crippen LogP contribution is -2.32. The first kappa shape index (κ1) is 52.7. The monoisotopic (exact) mass is 860 g/mol. The second-order valence-corrected chi connectivity index (χ2v) is 15.5. The van der Waals surface area contributed by atoms with Crippen LogP contribution >= 0.6 is 0 Å². The Morgan fingerprint density at radius 2 is 0.738 bits per heavy atom. The number of likely N-dealkylation sites (N-methyl/N-ethyl adjacent to an activating group) is 1. The Bertz CT molecular complexity index is 1270. The third-order valence-corrected chi connectivity index (χ3v) is 10.6. The maximum atomic E-state index is 12.6. The maximum absolute atomic E-state index is 12.6. The molecule has 1 aliphatic carbocycles. The summed E-state index contributed by atoms with van der Waals surface area (Å²) in [5.41, 5.74) is 4.81. The van der Waals surface area contributed by atoms with Crippen molar-refractivity contribution in [2.75, 3.05) is 139 Å². The van der Waals surface area contributed by atoms with Gasteiger partial charge in [0.2, 0.25) is 0 Å². The summed E-state index contributed by atoms with van der Waals surface area (Å²) in [5.74, 6) is 0.0414. The molecule has 2 aromatic rings.